The predicted octanol–water partition coefficient (Wildman–Crippen LogP) is 2.85. The van der Waals surface area contributed by atoms with Gasteiger partial charge in [-0.2, -0.15) is 0 Å². The van der Waals surface area contributed by atoms with Crippen LogP contribution in [0.3, 0.4) is 0 Å². The van der Waals surface area contributed by atoms with Crippen LogP contribution in [0.25, 0.3) is 10.2 Å². The van der Waals surface area contributed by atoms with E-state index in [0.717, 1.165) is 11.3 Å². The van der Waals surface area contributed by atoms with Gasteiger partial charge in [-0.15, -0.1) is 0 Å². The summed E-state index contributed by atoms with van der Waals surface area (Å²) < 4.78 is 14.2. The molecule has 0 spiro atoms. The maximum Gasteiger partial charge on any atom is 0.341 e. The molecule has 2 aromatic rings. The van der Waals surface area contributed by atoms with Gasteiger partial charge < -0.3 is 10.4 Å². The van der Waals surface area contributed by atoms with Gasteiger partial charge in [0.15, 0.2) is 10.9 Å². The van der Waals surface area contributed by atoms with E-state index in [1.807, 2.05) is 0 Å². The van der Waals surface area contributed by atoms with E-state index in [1.165, 1.54) is 13.0 Å². The normalized spacial score (nSPS) is 10.6. The van der Waals surface area contributed by atoms with Gasteiger partial charge in [-0.1, -0.05) is 11.3 Å². The predicted molar refractivity (Wildman–Crippen MR) is 68.5 cm³/mol. The molecule has 2 N–H and O–H groups in total. The van der Waals surface area contributed by atoms with Gasteiger partial charge in [0.25, 0.3) is 0 Å². The van der Waals surface area contributed by atoms with Crippen LogP contribution in [0.15, 0.2) is 10.5 Å². The summed E-state index contributed by atoms with van der Waals surface area (Å²) in [5, 5.41) is 11.7. The Kier molecular flexibility index (Phi) is 3.31. The SMILES string of the molecule is CC(=O)Nc1nc2c(C(=O)O)c(F)c(Br)cc2s1. The smallest absolute Gasteiger partial charge is 0.341 e. The van der Waals surface area contributed by atoms with Gasteiger partial charge in [0.05, 0.1) is 9.17 Å². The fraction of sp³-hybridized carbons (Fsp3) is 0.100. The number of hydrogen-bond donors (Lipinski definition) is 2. The number of fused-ring (bicyclic) bond motifs is 1. The molecule has 0 aliphatic carbocycles. The first-order valence-electron chi connectivity index (χ1n) is 4.69. The van der Waals surface area contributed by atoms with Crippen molar-refractivity contribution in [2.24, 2.45) is 0 Å². The van der Waals surface area contributed by atoms with Crippen molar-refractivity contribution in [1.29, 1.82) is 0 Å². The minimum atomic E-state index is -1.40. The van der Waals surface area contributed by atoms with E-state index in [0.29, 0.717) is 4.70 Å². The van der Waals surface area contributed by atoms with E-state index < -0.39 is 17.3 Å². The lowest BCUT2D eigenvalue weighted by atomic mass is 10.2. The molecule has 1 amide bonds. The fourth-order valence-corrected chi connectivity index (χ4v) is 2.95. The molecule has 0 aliphatic heterocycles. The first kappa shape index (κ1) is 12.9. The van der Waals surface area contributed by atoms with E-state index >= 15 is 0 Å². The van der Waals surface area contributed by atoms with Crippen LogP contribution in [-0.2, 0) is 4.79 Å². The summed E-state index contributed by atoms with van der Waals surface area (Å²) >= 11 is 4.03. The molecule has 94 valence electrons. The van der Waals surface area contributed by atoms with Crippen molar-refractivity contribution in [3.63, 3.8) is 0 Å². The average Bonchev–Trinajstić information content (AvgIpc) is 2.59. The molecule has 18 heavy (non-hydrogen) atoms. The highest BCUT2D eigenvalue weighted by molar-refractivity contribution is 9.10. The van der Waals surface area contributed by atoms with E-state index in [1.54, 1.807) is 0 Å². The van der Waals surface area contributed by atoms with Crippen LogP contribution in [-0.4, -0.2) is 22.0 Å². The highest BCUT2D eigenvalue weighted by Crippen LogP contribution is 2.33. The minimum absolute atomic E-state index is 0.0250. The van der Waals surface area contributed by atoms with Crippen molar-refractivity contribution in [3.8, 4) is 0 Å². The Bertz CT molecular complexity index is 671. The number of carboxylic acids is 1. The maximum atomic E-state index is 13.7. The molecule has 0 fully saturated rings. The van der Waals surface area contributed by atoms with E-state index in [4.69, 9.17) is 5.11 Å². The summed E-state index contributed by atoms with van der Waals surface area (Å²) in [5.74, 6) is -2.61. The van der Waals surface area contributed by atoms with Crippen LogP contribution in [0.1, 0.15) is 17.3 Å². The average molecular weight is 333 g/mol. The molecule has 5 nitrogen and oxygen atoms in total. The molecule has 1 heterocycles. The number of halogens is 2. The van der Waals surface area contributed by atoms with Crippen molar-refractivity contribution in [1.82, 2.24) is 4.98 Å². The number of aromatic nitrogens is 1. The number of nitrogens with zero attached hydrogens (tertiary/aromatic N) is 1. The summed E-state index contributed by atoms with van der Waals surface area (Å²) in [5.41, 5.74) is -0.482. The number of amides is 1. The van der Waals surface area contributed by atoms with Crippen molar-refractivity contribution in [2.45, 2.75) is 6.92 Å². The zero-order chi connectivity index (χ0) is 13.4. The minimum Gasteiger partial charge on any atom is -0.478 e. The molecule has 0 unspecified atom stereocenters. The number of nitrogens with one attached hydrogen (secondary N) is 1. The van der Waals surface area contributed by atoms with E-state index in [2.05, 4.69) is 26.2 Å². The maximum absolute atomic E-state index is 13.7. The third-order valence-electron chi connectivity index (χ3n) is 2.07. The Balaban J connectivity index is 2.71. The quantitative estimate of drug-likeness (QED) is 0.886. The molecule has 0 aliphatic rings. The van der Waals surface area contributed by atoms with E-state index in [-0.39, 0.29) is 21.0 Å². The lowest BCUT2D eigenvalue weighted by Crippen LogP contribution is -2.05. The second-order valence-electron chi connectivity index (χ2n) is 3.40. The summed E-state index contributed by atoms with van der Waals surface area (Å²) in [7, 11) is 0. The molecule has 8 heteroatoms. The van der Waals surface area contributed by atoms with Gasteiger partial charge >= 0.3 is 5.97 Å². The lowest BCUT2D eigenvalue weighted by molar-refractivity contribution is -0.114. The Morgan fingerprint density at radius 3 is 2.78 bits per heavy atom. The van der Waals surface area contributed by atoms with Crippen LogP contribution in [0.4, 0.5) is 9.52 Å². The van der Waals surface area contributed by atoms with Crippen LogP contribution in [0.2, 0.25) is 0 Å². The molecule has 1 aromatic heterocycles. The molecule has 2 rings (SSSR count). The number of anilines is 1. The number of aromatic carboxylic acids is 1. The largest absolute Gasteiger partial charge is 0.478 e. The Hall–Kier alpha value is -1.54. The number of carbonyl (C=O) groups excluding carboxylic acids is 1. The van der Waals surface area contributed by atoms with Gasteiger partial charge in [0.2, 0.25) is 5.91 Å². The number of benzene rings is 1. The second-order valence-corrected chi connectivity index (χ2v) is 5.28. The molecular weight excluding hydrogens is 327 g/mol. The van der Waals surface area contributed by atoms with Gasteiger partial charge in [-0.05, 0) is 22.0 Å². The Morgan fingerprint density at radius 2 is 2.22 bits per heavy atom. The van der Waals surface area contributed by atoms with Crippen LogP contribution >= 0.6 is 27.3 Å². The second kappa shape index (κ2) is 4.62. The van der Waals surface area contributed by atoms with Crippen molar-refractivity contribution < 1.29 is 19.1 Å². The molecule has 1 aromatic carbocycles. The Labute approximate surface area is 113 Å². The summed E-state index contributed by atoms with van der Waals surface area (Å²) in [6.45, 7) is 1.31. The van der Waals surface area contributed by atoms with Crippen molar-refractivity contribution in [2.75, 3.05) is 5.32 Å². The van der Waals surface area contributed by atoms with Gasteiger partial charge in [-0.3, -0.25) is 4.79 Å². The first-order valence-corrected chi connectivity index (χ1v) is 6.30. The molecule has 0 atom stereocenters. The zero-order valence-electron chi connectivity index (χ0n) is 8.95. The van der Waals surface area contributed by atoms with Crippen molar-refractivity contribution >= 4 is 54.5 Å². The zero-order valence-corrected chi connectivity index (χ0v) is 11.4. The third-order valence-corrected chi connectivity index (χ3v) is 3.57. The molecule has 0 radical (unpaired) electrons. The van der Waals surface area contributed by atoms with Gasteiger partial charge in [0.1, 0.15) is 11.1 Å². The molecule has 0 saturated heterocycles. The number of carboxylic acid groups (broad SMARTS) is 1. The molecule has 0 bridgehead atoms. The summed E-state index contributed by atoms with van der Waals surface area (Å²) in [6.07, 6.45) is 0. The number of hydrogen-bond acceptors (Lipinski definition) is 4. The lowest BCUT2D eigenvalue weighted by Gasteiger charge is -2.00. The highest BCUT2D eigenvalue weighted by atomic mass is 79.9. The topological polar surface area (TPSA) is 79.3 Å². The number of thiazole rings is 1. The summed E-state index contributed by atoms with van der Waals surface area (Å²) in [4.78, 5) is 25.9. The Morgan fingerprint density at radius 1 is 1.56 bits per heavy atom. The monoisotopic (exact) mass is 332 g/mol. The van der Waals surface area contributed by atoms with Crippen LogP contribution in [0.5, 0.6) is 0 Å². The third kappa shape index (κ3) is 2.21. The number of carbonyl (C=O) groups is 2. The van der Waals surface area contributed by atoms with Crippen LogP contribution < -0.4 is 5.32 Å². The van der Waals surface area contributed by atoms with Crippen LogP contribution in [0, 0.1) is 5.82 Å². The first-order chi connectivity index (χ1) is 8.40. The fourth-order valence-electron chi connectivity index (χ4n) is 1.41. The number of rotatable bonds is 2. The standard InChI is InChI=1S/C10H6BrFN2O3S/c1-3(15)13-10-14-8-5(18-10)2-4(11)7(12)6(8)9(16)17/h2H,1H3,(H,16,17)(H,13,14,15). The molecule has 0 saturated carbocycles. The van der Waals surface area contributed by atoms with Gasteiger partial charge in [-0.25, -0.2) is 14.2 Å². The highest BCUT2D eigenvalue weighted by Gasteiger charge is 2.21. The molecular formula is C10H6BrFN2O3S. The van der Waals surface area contributed by atoms with E-state index in [9.17, 15) is 14.0 Å². The van der Waals surface area contributed by atoms with Crippen molar-refractivity contribution in [3.05, 3.63) is 21.9 Å². The summed E-state index contributed by atoms with van der Waals surface area (Å²) in [6, 6.07) is 1.43. The van der Waals surface area contributed by atoms with Gasteiger partial charge in [0, 0.05) is 6.92 Å².